The zero-order valence-corrected chi connectivity index (χ0v) is 16.1. The molecule has 2 rings (SSSR count). The van der Waals surface area contributed by atoms with Crippen LogP contribution in [0.15, 0.2) is 30.3 Å². The van der Waals surface area contributed by atoms with Gasteiger partial charge in [-0.15, -0.1) is 0 Å². The van der Waals surface area contributed by atoms with Crippen molar-refractivity contribution in [3.8, 4) is 5.75 Å². The molecule has 26 heavy (non-hydrogen) atoms. The van der Waals surface area contributed by atoms with Crippen molar-refractivity contribution in [2.75, 3.05) is 12.4 Å². The van der Waals surface area contributed by atoms with Crippen LogP contribution in [0, 0.1) is 27.7 Å². The molecule has 1 atom stereocenters. The first-order chi connectivity index (χ1) is 12.2. The van der Waals surface area contributed by atoms with E-state index in [1.54, 1.807) is 25.1 Å². The summed E-state index contributed by atoms with van der Waals surface area (Å²) in [5, 5.41) is 2.83. The molecule has 0 aliphatic heterocycles. The molecule has 0 aliphatic carbocycles. The summed E-state index contributed by atoms with van der Waals surface area (Å²) >= 11 is 0. The van der Waals surface area contributed by atoms with Crippen LogP contribution in [0.25, 0.3) is 0 Å². The molecule has 0 saturated carbocycles. The van der Waals surface area contributed by atoms with Crippen LogP contribution < -0.4 is 10.1 Å². The van der Waals surface area contributed by atoms with Crippen LogP contribution in [0.5, 0.6) is 5.75 Å². The molecule has 1 amide bonds. The lowest BCUT2D eigenvalue weighted by atomic mass is 10.1. The number of aryl methyl sites for hydroxylation is 3. The normalized spacial score (nSPS) is 11.6. The lowest BCUT2D eigenvalue weighted by Crippen LogP contribution is -2.30. The monoisotopic (exact) mass is 355 g/mol. The van der Waals surface area contributed by atoms with Gasteiger partial charge in [0.25, 0.3) is 5.91 Å². The van der Waals surface area contributed by atoms with E-state index in [0.717, 1.165) is 22.3 Å². The first-order valence-corrected chi connectivity index (χ1v) is 8.47. The molecule has 0 aromatic heterocycles. The molecule has 138 valence electrons. The summed E-state index contributed by atoms with van der Waals surface area (Å²) in [5.41, 5.74) is 5.00. The van der Waals surface area contributed by atoms with Gasteiger partial charge in [-0.05, 0) is 75.1 Å². The zero-order chi connectivity index (χ0) is 19.4. The van der Waals surface area contributed by atoms with E-state index < -0.39 is 12.1 Å². The molecule has 0 spiro atoms. The molecule has 1 N–H and O–H groups in total. The molecule has 2 aromatic carbocycles. The van der Waals surface area contributed by atoms with Crippen molar-refractivity contribution in [3.63, 3.8) is 0 Å². The van der Waals surface area contributed by atoms with E-state index in [0.29, 0.717) is 17.0 Å². The lowest BCUT2D eigenvalue weighted by molar-refractivity contribution is -0.122. The highest BCUT2D eigenvalue weighted by atomic mass is 16.5. The minimum Gasteiger partial charge on any atom is -0.481 e. The molecule has 0 unspecified atom stereocenters. The summed E-state index contributed by atoms with van der Waals surface area (Å²) in [6.07, 6.45) is -0.684. The predicted molar refractivity (Wildman–Crippen MR) is 102 cm³/mol. The fraction of sp³-hybridized carbons (Fsp3) is 0.333. The standard InChI is InChI=1S/C21H25NO4/c1-12-9-14(3)15(4)19(10-12)26-16(5)20(23)22-18-11-17(21(24)25-6)8-7-13(18)2/h7-11,16H,1-6H3,(H,22,23)/t16-/m0/s1. The van der Waals surface area contributed by atoms with E-state index in [4.69, 9.17) is 9.47 Å². The quantitative estimate of drug-likeness (QED) is 0.820. The summed E-state index contributed by atoms with van der Waals surface area (Å²) < 4.78 is 10.6. The van der Waals surface area contributed by atoms with E-state index in [2.05, 4.69) is 11.4 Å². The van der Waals surface area contributed by atoms with E-state index >= 15 is 0 Å². The summed E-state index contributed by atoms with van der Waals surface area (Å²) in [4.78, 5) is 24.2. The molecular formula is C21H25NO4. The summed E-state index contributed by atoms with van der Waals surface area (Å²) in [6, 6.07) is 9.04. The Morgan fingerprint density at radius 3 is 2.35 bits per heavy atom. The predicted octanol–water partition coefficient (Wildman–Crippen LogP) is 4.11. The maximum Gasteiger partial charge on any atom is 0.337 e. The number of amides is 1. The van der Waals surface area contributed by atoms with Crippen LogP contribution in [0.4, 0.5) is 5.69 Å². The van der Waals surface area contributed by atoms with Gasteiger partial charge < -0.3 is 14.8 Å². The smallest absolute Gasteiger partial charge is 0.337 e. The van der Waals surface area contributed by atoms with Gasteiger partial charge in [0.15, 0.2) is 6.10 Å². The van der Waals surface area contributed by atoms with Crippen LogP contribution in [-0.2, 0) is 9.53 Å². The Bertz CT molecular complexity index is 842. The second-order valence-electron chi connectivity index (χ2n) is 6.48. The maximum absolute atomic E-state index is 12.5. The van der Waals surface area contributed by atoms with Crippen molar-refractivity contribution in [2.45, 2.75) is 40.7 Å². The van der Waals surface area contributed by atoms with E-state index in [1.165, 1.54) is 7.11 Å². The molecule has 0 heterocycles. The third-order valence-electron chi connectivity index (χ3n) is 4.35. The van der Waals surface area contributed by atoms with Crippen LogP contribution in [-0.4, -0.2) is 25.1 Å². The molecule has 0 aliphatic rings. The van der Waals surface area contributed by atoms with E-state index in [9.17, 15) is 9.59 Å². The number of carbonyl (C=O) groups excluding carboxylic acids is 2. The molecular weight excluding hydrogens is 330 g/mol. The van der Waals surface area contributed by atoms with E-state index in [1.807, 2.05) is 33.8 Å². The van der Waals surface area contributed by atoms with Gasteiger partial charge in [-0.25, -0.2) is 4.79 Å². The fourth-order valence-electron chi connectivity index (χ4n) is 2.60. The van der Waals surface area contributed by atoms with Gasteiger partial charge in [0.1, 0.15) is 5.75 Å². The van der Waals surface area contributed by atoms with Crippen molar-refractivity contribution in [2.24, 2.45) is 0 Å². The van der Waals surface area contributed by atoms with Gasteiger partial charge in [-0.2, -0.15) is 0 Å². The van der Waals surface area contributed by atoms with Gasteiger partial charge in [-0.3, -0.25) is 4.79 Å². The summed E-state index contributed by atoms with van der Waals surface area (Å²) in [5.74, 6) is -0.0329. The Labute approximate surface area is 154 Å². The number of nitrogens with one attached hydrogen (secondary N) is 1. The van der Waals surface area contributed by atoms with Crippen LogP contribution in [0.2, 0.25) is 0 Å². The Morgan fingerprint density at radius 2 is 1.69 bits per heavy atom. The minimum atomic E-state index is -0.684. The van der Waals surface area contributed by atoms with Crippen molar-refractivity contribution in [1.29, 1.82) is 0 Å². The highest BCUT2D eigenvalue weighted by molar-refractivity contribution is 5.97. The summed E-state index contributed by atoms with van der Waals surface area (Å²) in [7, 11) is 1.32. The molecule has 5 nitrogen and oxygen atoms in total. The number of esters is 1. The molecule has 2 aromatic rings. The number of anilines is 1. The Morgan fingerprint density at radius 1 is 1.00 bits per heavy atom. The van der Waals surface area contributed by atoms with Gasteiger partial charge in [0, 0.05) is 5.69 Å². The first-order valence-electron chi connectivity index (χ1n) is 8.47. The molecule has 0 saturated heterocycles. The minimum absolute atomic E-state index is 0.284. The van der Waals surface area contributed by atoms with Crippen molar-refractivity contribution in [1.82, 2.24) is 0 Å². The van der Waals surface area contributed by atoms with Gasteiger partial charge in [0.05, 0.1) is 12.7 Å². The molecule has 0 bridgehead atoms. The number of ether oxygens (including phenoxy) is 2. The molecule has 0 radical (unpaired) electrons. The lowest BCUT2D eigenvalue weighted by Gasteiger charge is -2.18. The fourth-order valence-corrected chi connectivity index (χ4v) is 2.60. The van der Waals surface area contributed by atoms with Crippen LogP contribution in [0.3, 0.4) is 0 Å². The summed E-state index contributed by atoms with van der Waals surface area (Å²) in [6.45, 7) is 9.54. The van der Waals surface area contributed by atoms with Crippen LogP contribution in [0.1, 0.15) is 39.5 Å². The average Bonchev–Trinajstić information content (AvgIpc) is 2.60. The number of rotatable bonds is 5. The van der Waals surface area contributed by atoms with Crippen molar-refractivity contribution < 1.29 is 19.1 Å². The molecule has 5 heteroatoms. The van der Waals surface area contributed by atoms with E-state index in [-0.39, 0.29) is 5.91 Å². The second kappa shape index (κ2) is 8.04. The van der Waals surface area contributed by atoms with Gasteiger partial charge in [-0.1, -0.05) is 12.1 Å². The highest BCUT2D eigenvalue weighted by Crippen LogP contribution is 2.25. The third-order valence-corrected chi connectivity index (χ3v) is 4.35. The van der Waals surface area contributed by atoms with Crippen molar-refractivity contribution >= 4 is 17.6 Å². The second-order valence-corrected chi connectivity index (χ2v) is 6.48. The highest BCUT2D eigenvalue weighted by Gasteiger charge is 2.18. The number of benzene rings is 2. The van der Waals surface area contributed by atoms with Crippen LogP contribution >= 0.6 is 0 Å². The molecule has 0 fully saturated rings. The number of hydrogen-bond donors (Lipinski definition) is 1. The Kier molecular flexibility index (Phi) is 6.03. The maximum atomic E-state index is 12.5. The number of carbonyl (C=O) groups is 2. The largest absolute Gasteiger partial charge is 0.481 e. The number of methoxy groups -OCH3 is 1. The number of hydrogen-bond acceptors (Lipinski definition) is 4. The Hall–Kier alpha value is -2.82. The first kappa shape index (κ1) is 19.5. The topological polar surface area (TPSA) is 64.6 Å². The third kappa shape index (κ3) is 4.42. The average molecular weight is 355 g/mol. The zero-order valence-electron chi connectivity index (χ0n) is 16.1. The Balaban J connectivity index is 2.16. The van der Waals surface area contributed by atoms with Crippen molar-refractivity contribution in [3.05, 3.63) is 58.1 Å². The SMILES string of the molecule is COC(=O)c1ccc(C)c(NC(=O)[C@H](C)Oc2cc(C)cc(C)c2C)c1. The van der Waals surface area contributed by atoms with Gasteiger partial charge in [0.2, 0.25) is 0 Å². The van der Waals surface area contributed by atoms with Gasteiger partial charge >= 0.3 is 5.97 Å².